The van der Waals surface area contributed by atoms with Gasteiger partial charge in [-0.15, -0.1) is 0 Å². The fourth-order valence-corrected chi connectivity index (χ4v) is 2.67. The summed E-state index contributed by atoms with van der Waals surface area (Å²) in [6.07, 6.45) is 0. The topological polar surface area (TPSA) is 73.9 Å². The van der Waals surface area contributed by atoms with Crippen LogP contribution in [0, 0.1) is 0 Å². The fourth-order valence-electron chi connectivity index (χ4n) is 1.95. The van der Waals surface area contributed by atoms with Gasteiger partial charge in [-0.3, -0.25) is 4.79 Å². The van der Waals surface area contributed by atoms with E-state index in [1.807, 2.05) is 6.92 Å². The van der Waals surface area contributed by atoms with Crippen LogP contribution < -0.4 is 14.8 Å². The third-order valence-electron chi connectivity index (χ3n) is 3.06. The Kier molecular flexibility index (Phi) is 7.74. The predicted octanol–water partition coefficient (Wildman–Crippen LogP) is 4.06. The molecule has 138 valence electrons. The molecular formula is C18H17BrClNO5. The number of carbonyl (C=O) groups is 2. The summed E-state index contributed by atoms with van der Waals surface area (Å²) in [6, 6.07) is 12.0. The molecule has 2 aromatic carbocycles. The second-order valence-corrected chi connectivity index (χ2v) is 6.32. The van der Waals surface area contributed by atoms with Crippen LogP contribution in [0.15, 0.2) is 46.9 Å². The molecule has 0 radical (unpaired) electrons. The first-order valence-corrected chi connectivity index (χ1v) is 8.92. The van der Waals surface area contributed by atoms with Gasteiger partial charge in [-0.1, -0.05) is 39.7 Å². The van der Waals surface area contributed by atoms with Crippen LogP contribution in [0.25, 0.3) is 0 Å². The van der Waals surface area contributed by atoms with E-state index in [1.165, 1.54) is 0 Å². The molecule has 0 fully saturated rings. The Morgan fingerprint density at radius 2 is 1.77 bits per heavy atom. The van der Waals surface area contributed by atoms with Crippen LogP contribution in [0.3, 0.4) is 0 Å². The largest absolute Gasteiger partial charge is 0.490 e. The molecule has 8 heteroatoms. The number of nitrogens with one attached hydrogen (secondary N) is 1. The number of para-hydroxylation sites is 2. The SMILES string of the molecule is CCOc1ccccc1OCC(=O)OCC(=O)Nc1ccc(Br)cc1Cl. The predicted molar refractivity (Wildman–Crippen MR) is 102 cm³/mol. The molecule has 0 saturated heterocycles. The molecule has 0 saturated carbocycles. The minimum Gasteiger partial charge on any atom is -0.490 e. The molecule has 0 spiro atoms. The molecule has 0 bridgehead atoms. The molecule has 0 heterocycles. The van der Waals surface area contributed by atoms with Gasteiger partial charge in [-0.05, 0) is 37.3 Å². The van der Waals surface area contributed by atoms with Crippen molar-refractivity contribution in [3.63, 3.8) is 0 Å². The summed E-state index contributed by atoms with van der Waals surface area (Å²) in [5.74, 6) is -0.214. The maximum Gasteiger partial charge on any atom is 0.344 e. The average Bonchev–Trinajstić information content (AvgIpc) is 2.62. The lowest BCUT2D eigenvalue weighted by Gasteiger charge is -2.11. The van der Waals surface area contributed by atoms with E-state index in [9.17, 15) is 9.59 Å². The van der Waals surface area contributed by atoms with Crippen LogP contribution in [0.2, 0.25) is 5.02 Å². The summed E-state index contributed by atoms with van der Waals surface area (Å²) < 4.78 is 16.5. The van der Waals surface area contributed by atoms with Crippen LogP contribution in [-0.2, 0) is 14.3 Å². The third kappa shape index (κ3) is 6.24. The molecular weight excluding hydrogens is 426 g/mol. The Morgan fingerprint density at radius 1 is 1.08 bits per heavy atom. The first-order chi connectivity index (χ1) is 12.5. The highest BCUT2D eigenvalue weighted by Crippen LogP contribution is 2.26. The standard InChI is InChI=1S/C18H17BrClNO5/c1-2-24-15-5-3-4-6-16(15)25-11-18(23)26-10-17(22)21-14-8-7-12(19)9-13(14)20/h3-9H,2,10-11H2,1H3,(H,21,22). The quantitative estimate of drug-likeness (QED) is 0.624. The van der Waals surface area contributed by atoms with E-state index in [2.05, 4.69) is 21.2 Å². The number of carbonyl (C=O) groups excluding carboxylic acids is 2. The van der Waals surface area contributed by atoms with Gasteiger partial charge in [0.25, 0.3) is 5.91 Å². The highest BCUT2D eigenvalue weighted by atomic mass is 79.9. The molecule has 0 aromatic heterocycles. The van der Waals surface area contributed by atoms with Crippen molar-refractivity contribution in [2.45, 2.75) is 6.92 Å². The van der Waals surface area contributed by atoms with Crippen molar-refractivity contribution in [3.8, 4) is 11.5 Å². The zero-order valence-corrected chi connectivity index (χ0v) is 16.3. The third-order valence-corrected chi connectivity index (χ3v) is 3.87. The molecule has 0 atom stereocenters. The summed E-state index contributed by atoms with van der Waals surface area (Å²) in [5, 5.41) is 2.93. The van der Waals surface area contributed by atoms with Crippen LogP contribution in [-0.4, -0.2) is 31.7 Å². The lowest BCUT2D eigenvalue weighted by atomic mass is 10.3. The maximum absolute atomic E-state index is 11.8. The molecule has 0 unspecified atom stereocenters. The Hall–Kier alpha value is -2.25. The van der Waals surface area contributed by atoms with E-state index in [0.29, 0.717) is 28.8 Å². The number of ether oxygens (including phenoxy) is 3. The normalized spacial score (nSPS) is 10.1. The number of hydrogen-bond acceptors (Lipinski definition) is 5. The van der Waals surface area contributed by atoms with E-state index in [4.69, 9.17) is 25.8 Å². The minimum atomic E-state index is -0.673. The lowest BCUT2D eigenvalue weighted by Crippen LogP contribution is -2.23. The molecule has 26 heavy (non-hydrogen) atoms. The molecule has 0 aliphatic heterocycles. The van der Waals surface area contributed by atoms with Crippen molar-refractivity contribution in [2.24, 2.45) is 0 Å². The van der Waals surface area contributed by atoms with Gasteiger partial charge in [0.2, 0.25) is 0 Å². The summed E-state index contributed by atoms with van der Waals surface area (Å²) in [4.78, 5) is 23.6. The second-order valence-electron chi connectivity index (χ2n) is 5.00. The summed E-state index contributed by atoms with van der Waals surface area (Å²) in [7, 11) is 0. The van der Waals surface area contributed by atoms with E-state index in [1.54, 1.807) is 42.5 Å². The van der Waals surface area contributed by atoms with Crippen LogP contribution in [0.1, 0.15) is 6.92 Å². The number of esters is 1. The van der Waals surface area contributed by atoms with Crippen molar-refractivity contribution in [1.82, 2.24) is 0 Å². The molecule has 1 N–H and O–H groups in total. The van der Waals surface area contributed by atoms with Gasteiger partial charge in [0.05, 0.1) is 17.3 Å². The molecule has 6 nitrogen and oxygen atoms in total. The van der Waals surface area contributed by atoms with Crippen molar-refractivity contribution in [3.05, 3.63) is 52.0 Å². The summed E-state index contributed by atoms with van der Waals surface area (Å²) >= 11 is 9.28. The minimum absolute atomic E-state index is 0.337. The van der Waals surface area contributed by atoms with Gasteiger partial charge in [-0.25, -0.2) is 4.79 Å². The van der Waals surface area contributed by atoms with Gasteiger partial charge in [0.1, 0.15) is 0 Å². The van der Waals surface area contributed by atoms with Gasteiger partial charge in [0, 0.05) is 4.47 Å². The van der Waals surface area contributed by atoms with E-state index in [0.717, 1.165) is 4.47 Å². The van der Waals surface area contributed by atoms with E-state index in [-0.39, 0.29) is 6.61 Å². The van der Waals surface area contributed by atoms with Crippen molar-refractivity contribution < 1.29 is 23.8 Å². The Labute approximate surface area is 164 Å². The number of amides is 1. The number of anilines is 1. The summed E-state index contributed by atoms with van der Waals surface area (Å²) in [5.41, 5.74) is 0.429. The lowest BCUT2D eigenvalue weighted by molar-refractivity contribution is -0.149. The van der Waals surface area contributed by atoms with Gasteiger partial charge < -0.3 is 19.5 Å². The number of benzene rings is 2. The molecule has 2 aromatic rings. The Balaban J connectivity index is 1.79. The molecule has 0 aliphatic carbocycles. The van der Waals surface area contributed by atoms with E-state index < -0.39 is 18.5 Å². The van der Waals surface area contributed by atoms with Gasteiger partial charge in [0.15, 0.2) is 24.7 Å². The van der Waals surface area contributed by atoms with Crippen molar-refractivity contribution in [1.29, 1.82) is 0 Å². The van der Waals surface area contributed by atoms with Crippen molar-refractivity contribution >= 4 is 45.1 Å². The van der Waals surface area contributed by atoms with Crippen LogP contribution in [0.4, 0.5) is 5.69 Å². The van der Waals surface area contributed by atoms with Gasteiger partial charge in [-0.2, -0.15) is 0 Å². The second kappa shape index (κ2) is 10.0. The number of hydrogen-bond donors (Lipinski definition) is 1. The zero-order valence-electron chi connectivity index (χ0n) is 14.0. The Bertz CT molecular complexity index is 784. The highest BCUT2D eigenvalue weighted by Gasteiger charge is 2.12. The highest BCUT2D eigenvalue weighted by molar-refractivity contribution is 9.10. The maximum atomic E-state index is 11.8. The summed E-state index contributed by atoms with van der Waals surface area (Å²) in [6.45, 7) is 1.54. The first kappa shape index (κ1) is 20.1. The van der Waals surface area contributed by atoms with Crippen LogP contribution >= 0.6 is 27.5 Å². The first-order valence-electron chi connectivity index (χ1n) is 7.74. The van der Waals surface area contributed by atoms with Crippen LogP contribution in [0.5, 0.6) is 11.5 Å². The monoisotopic (exact) mass is 441 g/mol. The molecule has 1 amide bonds. The zero-order chi connectivity index (χ0) is 18.9. The molecule has 2 rings (SSSR count). The van der Waals surface area contributed by atoms with Crippen molar-refractivity contribution in [2.75, 3.05) is 25.1 Å². The molecule has 0 aliphatic rings. The van der Waals surface area contributed by atoms with E-state index >= 15 is 0 Å². The van der Waals surface area contributed by atoms with Gasteiger partial charge >= 0.3 is 5.97 Å². The fraction of sp³-hybridized carbons (Fsp3) is 0.222. The average molecular weight is 443 g/mol. The Morgan fingerprint density at radius 3 is 2.42 bits per heavy atom. The number of rotatable bonds is 8. The number of halogens is 2. The smallest absolute Gasteiger partial charge is 0.344 e.